The Kier molecular flexibility index (Phi) is 10.8. The first kappa shape index (κ1) is 24.1. The number of nitrogens with zero attached hydrogens (tertiary/aromatic N) is 2. The highest BCUT2D eigenvalue weighted by Gasteiger charge is 2.20. The minimum Gasteiger partial charge on any atom is -0.465 e. The van der Waals surface area contributed by atoms with Gasteiger partial charge in [0.25, 0.3) is 0 Å². The van der Waals surface area contributed by atoms with Gasteiger partial charge in [0.05, 0.1) is 6.61 Å². The highest BCUT2D eigenvalue weighted by molar-refractivity contribution is 5.78. The van der Waals surface area contributed by atoms with E-state index in [-0.39, 0.29) is 25.7 Å². The van der Waals surface area contributed by atoms with E-state index in [0.717, 1.165) is 30.3 Å². The molecular formula is C24H30N2O5. The molecule has 2 rings (SSSR count). The summed E-state index contributed by atoms with van der Waals surface area (Å²) < 4.78 is 10.3. The lowest BCUT2D eigenvalue weighted by molar-refractivity contribution is -0.144. The Morgan fingerprint density at radius 2 is 1.77 bits per heavy atom. The van der Waals surface area contributed by atoms with E-state index in [1.807, 2.05) is 42.5 Å². The van der Waals surface area contributed by atoms with Crippen LogP contribution < -0.4 is 0 Å². The van der Waals surface area contributed by atoms with Crippen LogP contribution in [0.3, 0.4) is 0 Å². The second kappa shape index (κ2) is 13.9. The van der Waals surface area contributed by atoms with Crippen molar-refractivity contribution in [1.29, 1.82) is 0 Å². The summed E-state index contributed by atoms with van der Waals surface area (Å²) in [6.45, 7) is 2.22. The molecule has 31 heavy (non-hydrogen) atoms. The van der Waals surface area contributed by atoms with Crippen LogP contribution in [0.25, 0.3) is 0 Å². The Morgan fingerprint density at radius 3 is 2.45 bits per heavy atom. The van der Waals surface area contributed by atoms with E-state index >= 15 is 0 Å². The van der Waals surface area contributed by atoms with E-state index in [1.165, 1.54) is 4.90 Å². The highest BCUT2D eigenvalue weighted by atomic mass is 16.6. The molecule has 0 saturated heterocycles. The number of hydrogen-bond acceptors (Lipinski definition) is 6. The van der Waals surface area contributed by atoms with Crippen molar-refractivity contribution in [3.05, 3.63) is 66.0 Å². The van der Waals surface area contributed by atoms with E-state index < -0.39 is 12.1 Å². The van der Waals surface area contributed by atoms with Crippen LogP contribution in [-0.4, -0.2) is 47.9 Å². The van der Waals surface area contributed by atoms with Crippen molar-refractivity contribution in [2.24, 2.45) is 5.92 Å². The topological polar surface area (TPSA) is 85.8 Å². The summed E-state index contributed by atoms with van der Waals surface area (Å²) in [5.74, 6) is -0.596. The monoisotopic (exact) mass is 426 g/mol. The summed E-state index contributed by atoms with van der Waals surface area (Å²) in [4.78, 5) is 41.2. The molecule has 1 heterocycles. The molecule has 0 unspecified atom stereocenters. The van der Waals surface area contributed by atoms with E-state index in [9.17, 15) is 14.4 Å². The van der Waals surface area contributed by atoms with Gasteiger partial charge in [-0.2, -0.15) is 0 Å². The fourth-order valence-electron chi connectivity index (χ4n) is 3.13. The van der Waals surface area contributed by atoms with E-state index in [1.54, 1.807) is 19.3 Å². The third kappa shape index (κ3) is 9.42. The lowest BCUT2D eigenvalue weighted by Gasteiger charge is -2.22. The molecule has 1 amide bonds. The van der Waals surface area contributed by atoms with Gasteiger partial charge in [-0.15, -0.1) is 0 Å². The predicted octanol–water partition coefficient (Wildman–Crippen LogP) is 3.81. The van der Waals surface area contributed by atoms with Gasteiger partial charge in [-0.25, -0.2) is 4.79 Å². The number of esters is 1. The van der Waals surface area contributed by atoms with Crippen LogP contribution >= 0.6 is 0 Å². The van der Waals surface area contributed by atoms with Gasteiger partial charge in [0, 0.05) is 24.9 Å². The van der Waals surface area contributed by atoms with Gasteiger partial charge >= 0.3 is 12.1 Å². The Bertz CT molecular complexity index is 798. The number of carbonyl (C=O) groups excluding carboxylic acids is 3. The van der Waals surface area contributed by atoms with Crippen LogP contribution in [0.1, 0.15) is 37.3 Å². The number of ether oxygens (including phenoxy) is 2. The standard InChI is InChI=1S/C24H30N2O5/c1-2-30-23(28)17-26(24(29)31-19-22-7-4-3-5-8-22)16-6-9-21(18-27)11-10-20-12-14-25-15-13-20/h3-5,7-8,12-15,18,21H,2,6,9-11,16-17,19H2,1H3/t21-/m0/s1. The Balaban J connectivity index is 1.84. The van der Waals surface area contributed by atoms with Crippen LogP contribution in [0.4, 0.5) is 4.79 Å². The van der Waals surface area contributed by atoms with Gasteiger partial charge in [0.1, 0.15) is 19.4 Å². The van der Waals surface area contributed by atoms with Crippen molar-refractivity contribution in [1.82, 2.24) is 9.88 Å². The molecule has 1 aromatic heterocycles. The van der Waals surface area contributed by atoms with Crippen LogP contribution in [0.2, 0.25) is 0 Å². The fourth-order valence-corrected chi connectivity index (χ4v) is 3.13. The number of aldehydes is 1. The zero-order chi connectivity index (χ0) is 22.3. The van der Waals surface area contributed by atoms with Gasteiger partial charge in [-0.1, -0.05) is 30.3 Å². The maximum atomic E-state index is 12.5. The normalized spacial score (nSPS) is 11.4. The number of hydrogen-bond donors (Lipinski definition) is 0. The number of amides is 1. The first-order chi connectivity index (χ1) is 15.1. The molecule has 0 fully saturated rings. The lowest BCUT2D eigenvalue weighted by Crippen LogP contribution is -2.37. The third-order valence-corrected chi connectivity index (χ3v) is 4.84. The molecule has 0 aliphatic heterocycles. The number of pyridine rings is 1. The fraction of sp³-hybridized carbons (Fsp3) is 0.417. The summed E-state index contributed by atoms with van der Waals surface area (Å²) in [5.41, 5.74) is 2.00. The van der Waals surface area contributed by atoms with Crippen LogP contribution in [0.5, 0.6) is 0 Å². The number of carbonyl (C=O) groups is 3. The molecule has 7 heteroatoms. The minimum atomic E-state index is -0.573. The molecule has 1 atom stereocenters. The summed E-state index contributed by atoms with van der Waals surface area (Å²) in [7, 11) is 0. The average Bonchev–Trinajstić information content (AvgIpc) is 2.80. The second-order valence-corrected chi connectivity index (χ2v) is 7.20. The minimum absolute atomic E-state index is 0.113. The number of aryl methyl sites for hydroxylation is 1. The molecular weight excluding hydrogens is 396 g/mol. The second-order valence-electron chi connectivity index (χ2n) is 7.20. The van der Waals surface area contributed by atoms with Crippen molar-refractivity contribution in [2.75, 3.05) is 19.7 Å². The number of rotatable bonds is 13. The quantitative estimate of drug-likeness (QED) is 0.358. The van der Waals surface area contributed by atoms with Gasteiger partial charge in [0.15, 0.2) is 0 Å². The van der Waals surface area contributed by atoms with E-state index in [4.69, 9.17) is 9.47 Å². The van der Waals surface area contributed by atoms with Crippen LogP contribution in [0, 0.1) is 5.92 Å². The Labute approximate surface area is 183 Å². The highest BCUT2D eigenvalue weighted by Crippen LogP contribution is 2.14. The molecule has 0 aliphatic carbocycles. The maximum absolute atomic E-state index is 12.5. The van der Waals surface area contributed by atoms with Crippen molar-refractivity contribution >= 4 is 18.3 Å². The largest absolute Gasteiger partial charge is 0.465 e. The van der Waals surface area contributed by atoms with Gasteiger partial charge in [-0.3, -0.25) is 14.7 Å². The Morgan fingerprint density at radius 1 is 1.03 bits per heavy atom. The molecule has 7 nitrogen and oxygen atoms in total. The van der Waals surface area contributed by atoms with Gasteiger partial charge in [-0.05, 0) is 55.9 Å². The zero-order valence-electron chi connectivity index (χ0n) is 17.9. The molecule has 0 spiro atoms. The van der Waals surface area contributed by atoms with E-state index in [0.29, 0.717) is 19.4 Å². The van der Waals surface area contributed by atoms with Crippen LogP contribution in [0.15, 0.2) is 54.9 Å². The molecule has 1 aromatic carbocycles. The van der Waals surface area contributed by atoms with Crippen LogP contribution in [-0.2, 0) is 32.1 Å². The Hall–Kier alpha value is -3.22. The molecule has 0 N–H and O–H groups in total. The summed E-state index contributed by atoms with van der Waals surface area (Å²) in [6.07, 6.45) is 6.58. The van der Waals surface area contributed by atoms with Crippen molar-refractivity contribution in [3.8, 4) is 0 Å². The summed E-state index contributed by atoms with van der Waals surface area (Å²) in [5, 5.41) is 0. The molecule has 0 aliphatic rings. The molecule has 2 aromatic rings. The van der Waals surface area contributed by atoms with Crippen molar-refractivity contribution in [2.45, 2.75) is 39.2 Å². The first-order valence-corrected chi connectivity index (χ1v) is 10.6. The third-order valence-electron chi connectivity index (χ3n) is 4.84. The molecule has 166 valence electrons. The number of benzene rings is 1. The zero-order valence-corrected chi connectivity index (χ0v) is 17.9. The van der Waals surface area contributed by atoms with Crippen molar-refractivity contribution in [3.63, 3.8) is 0 Å². The lowest BCUT2D eigenvalue weighted by atomic mass is 9.96. The SMILES string of the molecule is CCOC(=O)CN(CCC[C@H](C=O)CCc1ccncc1)C(=O)OCc1ccccc1. The van der Waals surface area contributed by atoms with Crippen molar-refractivity contribution < 1.29 is 23.9 Å². The first-order valence-electron chi connectivity index (χ1n) is 10.6. The van der Waals surface area contributed by atoms with Gasteiger partial charge in [0.2, 0.25) is 0 Å². The van der Waals surface area contributed by atoms with Gasteiger partial charge < -0.3 is 14.3 Å². The van der Waals surface area contributed by atoms with E-state index in [2.05, 4.69) is 4.98 Å². The molecule has 0 saturated carbocycles. The average molecular weight is 427 g/mol. The number of aromatic nitrogens is 1. The molecule has 0 bridgehead atoms. The predicted molar refractivity (Wildman–Crippen MR) is 116 cm³/mol. The summed E-state index contributed by atoms with van der Waals surface area (Å²) in [6, 6.07) is 13.2. The summed E-state index contributed by atoms with van der Waals surface area (Å²) >= 11 is 0. The maximum Gasteiger partial charge on any atom is 0.410 e. The molecule has 0 radical (unpaired) electrons. The smallest absolute Gasteiger partial charge is 0.410 e.